The van der Waals surface area contributed by atoms with Crippen molar-refractivity contribution in [1.82, 2.24) is 24.5 Å². The number of hydrogen-bond donors (Lipinski definition) is 1. The Hall–Kier alpha value is -3.63. The highest BCUT2D eigenvalue weighted by molar-refractivity contribution is 7.13. The highest BCUT2D eigenvalue weighted by Crippen LogP contribution is 2.37. The van der Waals surface area contributed by atoms with Gasteiger partial charge in [-0.1, -0.05) is 6.42 Å². The number of fused-ring (bicyclic) bond motifs is 2. The van der Waals surface area contributed by atoms with Crippen LogP contribution < -0.4 is 14.8 Å². The van der Waals surface area contributed by atoms with Crippen LogP contribution in [-0.2, 0) is 6.61 Å². The van der Waals surface area contributed by atoms with Crippen molar-refractivity contribution in [2.45, 2.75) is 32.8 Å². The SMILES string of the molecule is COc1cc(OCc2csc(NCCN3CCCCC3)n2)c2cc(-c3cn4nc(C)ccc4n3)oc2c1. The lowest BCUT2D eigenvalue weighted by molar-refractivity contribution is 0.237. The molecule has 6 rings (SSSR count). The summed E-state index contributed by atoms with van der Waals surface area (Å²) in [5.41, 5.74) is 3.94. The van der Waals surface area contributed by atoms with Gasteiger partial charge in [0.05, 0.1) is 30.1 Å². The van der Waals surface area contributed by atoms with E-state index in [9.17, 15) is 0 Å². The fraction of sp³-hybridized carbons (Fsp3) is 0.370. The van der Waals surface area contributed by atoms with Crippen molar-refractivity contribution in [3.05, 3.63) is 53.3 Å². The Morgan fingerprint density at radius 3 is 2.86 bits per heavy atom. The Bertz CT molecular complexity index is 1520. The van der Waals surface area contributed by atoms with Crippen LogP contribution >= 0.6 is 11.3 Å². The molecule has 0 aliphatic carbocycles. The third kappa shape index (κ3) is 5.26. The molecule has 1 N–H and O–H groups in total. The summed E-state index contributed by atoms with van der Waals surface area (Å²) in [7, 11) is 1.63. The predicted octanol–water partition coefficient (Wildman–Crippen LogP) is 5.39. The normalized spacial score (nSPS) is 14.4. The average molecular weight is 519 g/mol. The first-order chi connectivity index (χ1) is 18.1. The van der Waals surface area contributed by atoms with Crippen LogP contribution in [-0.4, -0.2) is 57.8 Å². The van der Waals surface area contributed by atoms with Crippen LogP contribution in [0.5, 0.6) is 11.5 Å². The molecular formula is C27H30N6O3S. The maximum atomic E-state index is 6.21. The standard InChI is InChI=1S/C27H30N6O3S/c1-18-6-7-26-30-22(15-33(26)31-18)25-14-21-23(12-20(34-2)13-24(21)36-25)35-16-19-17-37-27(29-19)28-8-11-32-9-4-3-5-10-32/h6-7,12-15,17H,3-5,8-11,16H2,1-2H3,(H,28,29). The number of hydrogen-bond acceptors (Lipinski definition) is 9. The first-order valence-corrected chi connectivity index (χ1v) is 13.5. The molecule has 5 aromatic rings. The first kappa shape index (κ1) is 23.7. The fourth-order valence-electron chi connectivity index (χ4n) is 4.65. The summed E-state index contributed by atoms with van der Waals surface area (Å²) in [4.78, 5) is 11.9. The Morgan fingerprint density at radius 2 is 2.00 bits per heavy atom. The summed E-state index contributed by atoms with van der Waals surface area (Å²) in [6, 6.07) is 9.57. The topological polar surface area (TPSA) is 90.0 Å². The number of rotatable bonds is 9. The number of imidazole rings is 1. The van der Waals surface area contributed by atoms with Gasteiger partial charge >= 0.3 is 0 Å². The van der Waals surface area contributed by atoms with Crippen LogP contribution in [0.4, 0.5) is 5.13 Å². The van der Waals surface area contributed by atoms with Gasteiger partial charge < -0.3 is 24.1 Å². The third-order valence-electron chi connectivity index (χ3n) is 6.59. The van der Waals surface area contributed by atoms with Gasteiger partial charge in [0.25, 0.3) is 0 Å². The van der Waals surface area contributed by atoms with Gasteiger partial charge in [0.2, 0.25) is 0 Å². The lowest BCUT2D eigenvalue weighted by Crippen LogP contribution is -2.33. The quantitative estimate of drug-likeness (QED) is 0.278. The van der Waals surface area contributed by atoms with Crippen LogP contribution in [0, 0.1) is 6.92 Å². The number of piperidine rings is 1. The summed E-state index contributed by atoms with van der Waals surface area (Å²) in [6.45, 7) is 6.67. The minimum Gasteiger partial charge on any atom is -0.496 e. The fourth-order valence-corrected chi connectivity index (χ4v) is 5.38. The lowest BCUT2D eigenvalue weighted by Gasteiger charge is -2.26. The van der Waals surface area contributed by atoms with Gasteiger partial charge in [0.1, 0.15) is 29.4 Å². The van der Waals surface area contributed by atoms with E-state index < -0.39 is 0 Å². The van der Waals surface area contributed by atoms with Gasteiger partial charge in [-0.25, -0.2) is 14.5 Å². The molecule has 5 heterocycles. The van der Waals surface area contributed by atoms with E-state index in [-0.39, 0.29) is 0 Å². The van der Waals surface area contributed by atoms with Gasteiger partial charge in [0, 0.05) is 30.6 Å². The Balaban J connectivity index is 1.16. The largest absolute Gasteiger partial charge is 0.496 e. The van der Waals surface area contributed by atoms with Crippen molar-refractivity contribution in [3.8, 4) is 23.0 Å². The molecule has 10 heteroatoms. The maximum Gasteiger partial charge on any atom is 0.183 e. The highest BCUT2D eigenvalue weighted by Gasteiger charge is 2.16. The highest BCUT2D eigenvalue weighted by atomic mass is 32.1. The number of aryl methyl sites for hydroxylation is 1. The molecule has 192 valence electrons. The second-order valence-electron chi connectivity index (χ2n) is 9.31. The molecule has 0 amide bonds. The number of aromatic nitrogens is 4. The maximum absolute atomic E-state index is 6.21. The van der Waals surface area contributed by atoms with Crippen LogP contribution in [0.1, 0.15) is 30.7 Å². The third-order valence-corrected chi connectivity index (χ3v) is 7.44. The smallest absolute Gasteiger partial charge is 0.183 e. The summed E-state index contributed by atoms with van der Waals surface area (Å²) >= 11 is 1.61. The van der Waals surface area contributed by atoms with Crippen molar-refractivity contribution in [1.29, 1.82) is 0 Å². The zero-order valence-electron chi connectivity index (χ0n) is 21.1. The number of anilines is 1. The zero-order valence-corrected chi connectivity index (χ0v) is 21.9. The monoisotopic (exact) mass is 518 g/mol. The van der Waals surface area contributed by atoms with E-state index in [2.05, 4.69) is 20.3 Å². The number of ether oxygens (including phenoxy) is 2. The molecule has 1 aliphatic rings. The Kier molecular flexibility index (Phi) is 6.67. The van der Waals surface area contributed by atoms with Gasteiger partial charge in [-0.3, -0.25) is 0 Å². The van der Waals surface area contributed by atoms with Crippen LogP contribution in [0.3, 0.4) is 0 Å². The molecule has 0 saturated carbocycles. The van der Waals surface area contributed by atoms with Crippen LogP contribution in [0.2, 0.25) is 0 Å². The molecule has 0 spiro atoms. The van der Waals surface area contributed by atoms with Gasteiger partial charge in [-0.15, -0.1) is 11.3 Å². The number of nitrogens with zero attached hydrogens (tertiary/aromatic N) is 5. The van der Waals surface area contributed by atoms with Gasteiger partial charge in [-0.05, 0) is 51.1 Å². The molecule has 0 atom stereocenters. The molecule has 0 bridgehead atoms. The second kappa shape index (κ2) is 10.4. The van der Waals surface area contributed by atoms with Crippen molar-refractivity contribution >= 4 is 33.1 Å². The Morgan fingerprint density at radius 1 is 1.11 bits per heavy atom. The minimum absolute atomic E-state index is 0.352. The molecule has 37 heavy (non-hydrogen) atoms. The van der Waals surface area contributed by atoms with E-state index in [1.807, 2.05) is 48.8 Å². The zero-order chi connectivity index (χ0) is 25.2. The molecule has 1 fully saturated rings. The molecule has 4 aromatic heterocycles. The van der Waals surface area contributed by atoms with E-state index >= 15 is 0 Å². The molecule has 1 aromatic carbocycles. The number of likely N-dealkylation sites (tertiary alicyclic amines) is 1. The van der Waals surface area contributed by atoms with E-state index in [1.54, 1.807) is 23.0 Å². The predicted molar refractivity (Wildman–Crippen MR) is 145 cm³/mol. The molecular weight excluding hydrogens is 488 g/mol. The van der Waals surface area contributed by atoms with Gasteiger partial charge in [-0.2, -0.15) is 5.10 Å². The van der Waals surface area contributed by atoms with E-state index in [0.717, 1.165) is 40.6 Å². The minimum atomic E-state index is 0.352. The van der Waals surface area contributed by atoms with Crippen LogP contribution in [0.25, 0.3) is 28.1 Å². The van der Waals surface area contributed by atoms with Crippen molar-refractivity contribution in [3.63, 3.8) is 0 Å². The number of nitrogens with one attached hydrogen (secondary N) is 1. The number of benzene rings is 1. The van der Waals surface area contributed by atoms with Crippen molar-refractivity contribution in [2.75, 3.05) is 38.6 Å². The summed E-state index contributed by atoms with van der Waals surface area (Å²) < 4.78 is 19.6. The Labute approximate surface area is 219 Å². The lowest BCUT2D eigenvalue weighted by atomic mass is 10.1. The number of thiazole rings is 1. The number of furan rings is 1. The molecule has 9 nitrogen and oxygen atoms in total. The molecule has 0 unspecified atom stereocenters. The molecule has 1 aliphatic heterocycles. The van der Waals surface area contributed by atoms with E-state index in [0.29, 0.717) is 35.1 Å². The van der Waals surface area contributed by atoms with Crippen LogP contribution in [0.15, 0.2) is 46.3 Å². The van der Waals surface area contributed by atoms with Gasteiger partial charge in [0.15, 0.2) is 16.5 Å². The van der Waals surface area contributed by atoms with E-state index in [4.69, 9.17) is 18.9 Å². The first-order valence-electron chi connectivity index (χ1n) is 12.6. The van der Waals surface area contributed by atoms with Crippen molar-refractivity contribution in [2.24, 2.45) is 0 Å². The molecule has 1 saturated heterocycles. The van der Waals surface area contributed by atoms with E-state index in [1.165, 1.54) is 32.4 Å². The summed E-state index contributed by atoms with van der Waals surface area (Å²) in [5.74, 6) is 1.98. The van der Waals surface area contributed by atoms with Crippen molar-refractivity contribution < 1.29 is 13.9 Å². The number of methoxy groups -OCH3 is 1. The average Bonchev–Trinajstić information content (AvgIpc) is 3.65. The molecule has 0 radical (unpaired) electrons. The summed E-state index contributed by atoms with van der Waals surface area (Å²) in [6.07, 6.45) is 5.85. The second-order valence-corrected chi connectivity index (χ2v) is 10.2. The summed E-state index contributed by atoms with van der Waals surface area (Å²) in [5, 5.41) is 11.8.